The fraction of sp³-hybridized carbons (Fsp3) is 0.250. The molecule has 0 aliphatic carbocycles. The van der Waals surface area contributed by atoms with Gasteiger partial charge in [-0.3, -0.25) is 9.59 Å². The smallest absolute Gasteiger partial charge is 0.307 e. The van der Waals surface area contributed by atoms with Crippen LogP contribution in [0.1, 0.15) is 39.6 Å². The number of nitrogens with zero attached hydrogens (tertiary/aromatic N) is 2. The van der Waals surface area contributed by atoms with Crippen LogP contribution in [-0.4, -0.2) is 28.4 Å². The summed E-state index contributed by atoms with van der Waals surface area (Å²) in [5, 5.41) is 2.89. The molecule has 0 radical (unpaired) electrons. The van der Waals surface area contributed by atoms with Gasteiger partial charge in [-0.2, -0.15) is 0 Å². The van der Waals surface area contributed by atoms with Crippen LogP contribution in [0.2, 0.25) is 0 Å². The Morgan fingerprint density at radius 1 is 1.15 bits per heavy atom. The molecule has 0 aliphatic heterocycles. The number of benzene rings is 1. The first-order chi connectivity index (χ1) is 12.5. The number of aryl methyl sites for hydroxylation is 2. The molecule has 0 unspecified atom stereocenters. The molecule has 0 saturated carbocycles. The van der Waals surface area contributed by atoms with Crippen molar-refractivity contribution in [3.8, 4) is 0 Å². The zero-order valence-electron chi connectivity index (χ0n) is 15.0. The number of carbonyl (C=O) groups excluding carboxylic acids is 2. The number of pyridine rings is 1. The van der Waals surface area contributed by atoms with E-state index in [1.54, 1.807) is 10.6 Å². The van der Waals surface area contributed by atoms with Crippen LogP contribution in [-0.2, 0) is 9.53 Å². The molecule has 0 aliphatic rings. The third-order valence-electron chi connectivity index (χ3n) is 4.23. The van der Waals surface area contributed by atoms with E-state index >= 15 is 0 Å². The zero-order valence-corrected chi connectivity index (χ0v) is 15.0. The van der Waals surface area contributed by atoms with Crippen LogP contribution in [0.15, 0.2) is 48.8 Å². The van der Waals surface area contributed by atoms with Gasteiger partial charge in [-0.05, 0) is 37.1 Å². The normalized spacial score (nSPS) is 12.0. The van der Waals surface area contributed by atoms with E-state index < -0.39 is 6.04 Å². The maximum atomic E-state index is 12.7. The van der Waals surface area contributed by atoms with Crippen molar-refractivity contribution in [1.29, 1.82) is 0 Å². The van der Waals surface area contributed by atoms with Crippen LogP contribution in [0.4, 0.5) is 0 Å². The lowest BCUT2D eigenvalue weighted by atomic mass is 10.0. The Bertz CT molecular complexity index is 945. The van der Waals surface area contributed by atoms with Crippen LogP contribution in [0.5, 0.6) is 0 Å². The van der Waals surface area contributed by atoms with E-state index in [9.17, 15) is 9.59 Å². The molecule has 3 aromatic rings. The van der Waals surface area contributed by atoms with E-state index in [-0.39, 0.29) is 18.3 Å². The number of nitrogens with one attached hydrogen (secondary N) is 1. The van der Waals surface area contributed by atoms with E-state index in [2.05, 4.69) is 10.3 Å². The molecule has 0 fully saturated rings. The van der Waals surface area contributed by atoms with Gasteiger partial charge >= 0.3 is 5.97 Å². The minimum absolute atomic E-state index is 0.0534. The maximum absolute atomic E-state index is 12.7. The third kappa shape index (κ3) is 3.91. The second-order valence-electron chi connectivity index (χ2n) is 6.31. The fourth-order valence-corrected chi connectivity index (χ4v) is 2.73. The summed E-state index contributed by atoms with van der Waals surface area (Å²) in [5.41, 5.74) is 4.02. The summed E-state index contributed by atoms with van der Waals surface area (Å²) >= 11 is 0. The lowest BCUT2D eigenvalue weighted by Gasteiger charge is -2.17. The number of rotatable bonds is 5. The quantitative estimate of drug-likeness (QED) is 0.717. The monoisotopic (exact) mass is 351 g/mol. The van der Waals surface area contributed by atoms with Gasteiger partial charge < -0.3 is 14.5 Å². The molecule has 134 valence electrons. The van der Waals surface area contributed by atoms with Crippen molar-refractivity contribution in [1.82, 2.24) is 14.7 Å². The average Bonchev–Trinajstić information content (AvgIpc) is 3.05. The number of hydrogen-bond acceptors (Lipinski definition) is 4. The van der Waals surface area contributed by atoms with Gasteiger partial charge in [-0.15, -0.1) is 0 Å². The molecule has 2 aromatic heterocycles. The van der Waals surface area contributed by atoms with Crippen molar-refractivity contribution in [2.45, 2.75) is 26.3 Å². The highest BCUT2D eigenvalue weighted by atomic mass is 16.5. The Hall–Kier alpha value is -3.15. The molecule has 26 heavy (non-hydrogen) atoms. The Morgan fingerprint density at radius 2 is 1.88 bits per heavy atom. The summed E-state index contributed by atoms with van der Waals surface area (Å²) in [6.45, 7) is 3.95. The zero-order chi connectivity index (χ0) is 18.7. The standard InChI is InChI=1S/C20H21N3O3/c1-13-4-6-15(7-5-13)16(11-19(24)26-3)22-20(25)17-12-23-9-8-14(2)10-18(23)21-17/h4-10,12,16H,11H2,1-3H3,(H,22,25)/t16-/m1/s1. The SMILES string of the molecule is COC(=O)C[C@@H](NC(=O)c1cn2ccc(C)cc2n1)c1ccc(C)cc1. The third-order valence-corrected chi connectivity index (χ3v) is 4.23. The molecule has 0 saturated heterocycles. The average molecular weight is 351 g/mol. The van der Waals surface area contributed by atoms with E-state index in [4.69, 9.17) is 4.74 Å². The number of esters is 1. The number of aromatic nitrogens is 2. The molecule has 1 atom stereocenters. The fourth-order valence-electron chi connectivity index (χ4n) is 2.73. The van der Waals surface area contributed by atoms with Gasteiger partial charge in [0.25, 0.3) is 5.91 Å². The van der Waals surface area contributed by atoms with Crippen molar-refractivity contribution in [2.24, 2.45) is 0 Å². The minimum Gasteiger partial charge on any atom is -0.469 e. The number of methoxy groups -OCH3 is 1. The Kier molecular flexibility index (Phi) is 5.02. The van der Waals surface area contributed by atoms with Gasteiger partial charge in [0, 0.05) is 12.4 Å². The predicted molar refractivity (Wildman–Crippen MR) is 97.9 cm³/mol. The van der Waals surface area contributed by atoms with E-state index in [0.29, 0.717) is 11.3 Å². The van der Waals surface area contributed by atoms with Crippen LogP contribution in [0, 0.1) is 13.8 Å². The lowest BCUT2D eigenvalue weighted by Crippen LogP contribution is -2.30. The minimum atomic E-state index is -0.484. The van der Waals surface area contributed by atoms with Gasteiger partial charge in [-0.1, -0.05) is 29.8 Å². The molecule has 1 N–H and O–H groups in total. The van der Waals surface area contributed by atoms with Crippen molar-refractivity contribution in [2.75, 3.05) is 7.11 Å². The first-order valence-electron chi connectivity index (χ1n) is 8.36. The molecule has 1 aromatic carbocycles. The molecule has 2 heterocycles. The first-order valence-corrected chi connectivity index (χ1v) is 8.36. The summed E-state index contributed by atoms with van der Waals surface area (Å²) in [6.07, 6.45) is 3.59. The van der Waals surface area contributed by atoms with Crippen molar-refractivity contribution >= 4 is 17.5 Å². The van der Waals surface area contributed by atoms with Gasteiger partial charge in [-0.25, -0.2) is 4.98 Å². The second kappa shape index (κ2) is 7.39. The number of carbonyl (C=O) groups is 2. The number of amides is 1. The molecule has 6 nitrogen and oxygen atoms in total. The number of fused-ring (bicyclic) bond motifs is 1. The van der Waals surface area contributed by atoms with Gasteiger partial charge in [0.05, 0.1) is 19.6 Å². The Balaban J connectivity index is 1.85. The van der Waals surface area contributed by atoms with Crippen LogP contribution in [0.25, 0.3) is 5.65 Å². The maximum Gasteiger partial charge on any atom is 0.307 e. The number of hydrogen-bond donors (Lipinski definition) is 1. The summed E-state index contributed by atoms with van der Waals surface area (Å²) < 4.78 is 6.56. The molecular formula is C20H21N3O3. The van der Waals surface area contributed by atoms with Crippen LogP contribution >= 0.6 is 0 Å². The molecule has 6 heteroatoms. The largest absolute Gasteiger partial charge is 0.469 e. The summed E-state index contributed by atoms with van der Waals surface area (Å²) in [7, 11) is 1.33. The van der Waals surface area contributed by atoms with E-state index in [1.165, 1.54) is 7.11 Å². The van der Waals surface area contributed by atoms with E-state index in [1.807, 2.05) is 56.4 Å². The predicted octanol–water partition coefficient (Wildman–Crippen LogP) is 2.99. The van der Waals surface area contributed by atoms with Gasteiger partial charge in [0.1, 0.15) is 11.3 Å². The van der Waals surface area contributed by atoms with Gasteiger partial charge in [0.15, 0.2) is 0 Å². The summed E-state index contributed by atoms with van der Waals surface area (Å²) in [6, 6.07) is 11.1. The molecule has 3 rings (SSSR count). The molecule has 0 spiro atoms. The van der Waals surface area contributed by atoms with Crippen molar-refractivity contribution in [3.63, 3.8) is 0 Å². The summed E-state index contributed by atoms with van der Waals surface area (Å²) in [4.78, 5) is 28.8. The van der Waals surface area contributed by atoms with Crippen molar-refractivity contribution < 1.29 is 14.3 Å². The Morgan fingerprint density at radius 3 is 2.58 bits per heavy atom. The second-order valence-corrected chi connectivity index (χ2v) is 6.31. The van der Waals surface area contributed by atoms with Gasteiger partial charge in [0.2, 0.25) is 0 Å². The number of ether oxygens (including phenoxy) is 1. The van der Waals surface area contributed by atoms with Crippen LogP contribution in [0.3, 0.4) is 0 Å². The highest BCUT2D eigenvalue weighted by Gasteiger charge is 2.21. The van der Waals surface area contributed by atoms with Crippen LogP contribution < -0.4 is 5.32 Å². The topological polar surface area (TPSA) is 72.7 Å². The molecule has 1 amide bonds. The highest BCUT2D eigenvalue weighted by Crippen LogP contribution is 2.19. The molecular weight excluding hydrogens is 330 g/mol. The Labute approximate surface area is 151 Å². The lowest BCUT2D eigenvalue weighted by molar-refractivity contribution is -0.141. The first kappa shape index (κ1) is 17.7. The summed E-state index contributed by atoms with van der Waals surface area (Å²) in [5.74, 6) is -0.720. The molecule has 0 bridgehead atoms. The number of imidazole rings is 1. The van der Waals surface area contributed by atoms with Crippen molar-refractivity contribution in [3.05, 3.63) is 71.2 Å². The highest BCUT2D eigenvalue weighted by molar-refractivity contribution is 5.93. The van der Waals surface area contributed by atoms with E-state index in [0.717, 1.165) is 16.7 Å².